The number of aryl methyl sites for hydroxylation is 1. The molecular weight excluding hydrogens is 492 g/mol. The average Bonchev–Trinajstić information content (AvgIpc) is 3.35. The quantitative estimate of drug-likeness (QED) is 0.198. The number of benzene rings is 2. The molecule has 0 aliphatic rings. The van der Waals surface area contributed by atoms with Gasteiger partial charge < -0.3 is 4.52 Å². The fourth-order valence-corrected chi connectivity index (χ4v) is 3.86. The van der Waals surface area contributed by atoms with Crippen LogP contribution in [0.1, 0.15) is 68.2 Å². The van der Waals surface area contributed by atoms with Crippen molar-refractivity contribution in [1.82, 2.24) is 5.16 Å². The number of rotatable bonds is 10. The van der Waals surface area contributed by atoms with Crippen molar-refractivity contribution in [1.29, 1.82) is 0 Å². The van der Waals surface area contributed by atoms with Gasteiger partial charge in [-0.15, -0.1) is 0 Å². The minimum absolute atomic E-state index is 0.102. The van der Waals surface area contributed by atoms with Gasteiger partial charge in [0.05, 0.1) is 11.3 Å². The number of aliphatic imine (C=N–C) groups is 1. The third-order valence-electron chi connectivity index (χ3n) is 6.20. The summed E-state index contributed by atoms with van der Waals surface area (Å²) in [7, 11) is 0. The molecule has 1 unspecified atom stereocenters. The van der Waals surface area contributed by atoms with E-state index in [1.165, 1.54) is 0 Å². The highest BCUT2D eigenvalue weighted by Gasteiger charge is 2.41. The molecule has 36 heavy (non-hydrogen) atoms. The standard InChI is InChI=1S/C28H29ClF4N2O/c1-5-17(2)6-8-20(23-14-21(29)9-7-18(23)3)12-13-34-19(4)26-16-27(36-35-26)28(32,33)24-15-22(30)10-11-25(24)31/h7-11,14-17H,5-6,12-13H2,1-4H3. The predicted molar refractivity (Wildman–Crippen MR) is 136 cm³/mol. The molecule has 0 radical (unpaired) electrons. The third-order valence-corrected chi connectivity index (χ3v) is 6.43. The summed E-state index contributed by atoms with van der Waals surface area (Å²) in [5.41, 5.74) is 2.64. The Morgan fingerprint density at radius 1 is 1.17 bits per heavy atom. The van der Waals surface area contributed by atoms with Crippen LogP contribution >= 0.6 is 11.6 Å². The van der Waals surface area contributed by atoms with E-state index in [9.17, 15) is 17.6 Å². The van der Waals surface area contributed by atoms with Crippen LogP contribution in [0.25, 0.3) is 5.57 Å². The average molecular weight is 521 g/mol. The first-order chi connectivity index (χ1) is 17.0. The molecule has 192 valence electrons. The molecule has 0 aliphatic heterocycles. The van der Waals surface area contributed by atoms with Crippen LogP contribution in [0.2, 0.25) is 5.02 Å². The molecule has 0 aliphatic carbocycles. The second kappa shape index (κ2) is 11.9. The van der Waals surface area contributed by atoms with E-state index in [0.29, 0.717) is 41.8 Å². The zero-order valence-corrected chi connectivity index (χ0v) is 21.5. The van der Waals surface area contributed by atoms with Gasteiger partial charge >= 0.3 is 5.92 Å². The summed E-state index contributed by atoms with van der Waals surface area (Å²) in [6, 6.07) is 8.63. The summed E-state index contributed by atoms with van der Waals surface area (Å²) in [6.45, 7) is 8.39. The van der Waals surface area contributed by atoms with Crippen molar-refractivity contribution >= 4 is 22.9 Å². The summed E-state index contributed by atoms with van der Waals surface area (Å²) in [5.74, 6) is -6.47. The van der Waals surface area contributed by atoms with E-state index in [-0.39, 0.29) is 5.69 Å². The van der Waals surface area contributed by atoms with Gasteiger partial charge in [-0.3, -0.25) is 4.99 Å². The Bertz CT molecular complexity index is 1270. The van der Waals surface area contributed by atoms with Crippen molar-refractivity contribution in [2.24, 2.45) is 10.9 Å². The molecule has 1 aromatic heterocycles. The lowest BCUT2D eigenvalue weighted by atomic mass is 9.94. The fourth-order valence-electron chi connectivity index (χ4n) is 3.69. The van der Waals surface area contributed by atoms with E-state index in [1.807, 2.05) is 25.1 Å². The van der Waals surface area contributed by atoms with Gasteiger partial charge in [-0.05, 0) is 79.6 Å². The van der Waals surface area contributed by atoms with E-state index in [2.05, 4.69) is 30.1 Å². The molecule has 0 saturated heterocycles. The molecule has 0 N–H and O–H groups in total. The smallest absolute Gasteiger partial charge is 0.335 e. The van der Waals surface area contributed by atoms with Crippen LogP contribution in [0.5, 0.6) is 0 Å². The molecule has 0 amide bonds. The van der Waals surface area contributed by atoms with Crippen molar-refractivity contribution in [3.8, 4) is 0 Å². The summed E-state index contributed by atoms with van der Waals surface area (Å²) in [5, 5.41) is 4.33. The normalized spacial score (nSPS) is 13.8. The molecule has 0 fully saturated rings. The van der Waals surface area contributed by atoms with Gasteiger partial charge in [-0.25, -0.2) is 8.78 Å². The van der Waals surface area contributed by atoms with E-state index in [1.54, 1.807) is 6.92 Å². The van der Waals surface area contributed by atoms with E-state index >= 15 is 0 Å². The van der Waals surface area contributed by atoms with Crippen LogP contribution in [-0.2, 0) is 5.92 Å². The molecule has 3 nitrogen and oxygen atoms in total. The van der Waals surface area contributed by atoms with Crippen molar-refractivity contribution in [2.75, 3.05) is 6.54 Å². The fraction of sp³-hybridized carbons (Fsp3) is 0.357. The van der Waals surface area contributed by atoms with Crippen molar-refractivity contribution in [3.05, 3.63) is 93.3 Å². The molecule has 0 bridgehead atoms. The molecule has 8 heteroatoms. The van der Waals surface area contributed by atoms with Crippen LogP contribution in [0.4, 0.5) is 17.6 Å². The first-order valence-electron chi connectivity index (χ1n) is 11.8. The second-order valence-corrected chi connectivity index (χ2v) is 9.37. The zero-order chi connectivity index (χ0) is 26.5. The molecule has 3 aromatic rings. The van der Waals surface area contributed by atoms with Gasteiger partial charge in [0, 0.05) is 17.6 Å². The van der Waals surface area contributed by atoms with Crippen molar-refractivity contribution < 1.29 is 22.1 Å². The van der Waals surface area contributed by atoms with Crippen LogP contribution in [-0.4, -0.2) is 17.4 Å². The lowest BCUT2D eigenvalue weighted by Gasteiger charge is -2.13. The largest absolute Gasteiger partial charge is 0.354 e. The van der Waals surface area contributed by atoms with Gasteiger partial charge in [0.15, 0.2) is 0 Å². The second-order valence-electron chi connectivity index (χ2n) is 8.93. The van der Waals surface area contributed by atoms with Crippen LogP contribution in [0.15, 0.2) is 58.1 Å². The molecule has 3 rings (SSSR count). The van der Waals surface area contributed by atoms with Crippen LogP contribution < -0.4 is 0 Å². The number of alkyl halides is 2. The lowest BCUT2D eigenvalue weighted by Crippen LogP contribution is -2.16. The van der Waals surface area contributed by atoms with Crippen LogP contribution in [0.3, 0.4) is 0 Å². The highest BCUT2D eigenvalue weighted by molar-refractivity contribution is 6.30. The first-order valence-corrected chi connectivity index (χ1v) is 12.2. The van der Waals surface area contributed by atoms with E-state index < -0.39 is 28.9 Å². The molecule has 2 aromatic carbocycles. The Hall–Kier alpha value is -2.93. The number of halogens is 5. The third kappa shape index (κ3) is 6.64. The predicted octanol–water partition coefficient (Wildman–Crippen LogP) is 8.77. The Labute approximate surface area is 213 Å². The topological polar surface area (TPSA) is 38.4 Å². The Morgan fingerprint density at radius 3 is 2.64 bits per heavy atom. The van der Waals surface area contributed by atoms with Gasteiger partial charge in [0.2, 0.25) is 5.76 Å². The number of hydrogen-bond donors (Lipinski definition) is 0. The number of nitrogens with zero attached hydrogens (tertiary/aromatic N) is 2. The minimum Gasteiger partial charge on any atom is -0.354 e. The Balaban J connectivity index is 1.79. The monoisotopic (exact) mass is 520 g/mol. The van der Waals surface area contributed by atoms with Crippen LogP contribution in [0, 0.1) is 24.5 Å². The molecule has 0 saturated carbocycles. The van der Waals surface area contributed by atoms with Crippen molar-refractivity contribution in [2.45, 2.75) is 52.9 Å². The lowest BCUT2D eigenvalue weighted by molar-refractivity contribution is 0.00936. The summed E-state index contributed by atoms with van der Waals surface area (Å²) in [6.07, 6.45) is 4.80. The molecule has 1 atom stereocenters. The zero-order valence-electron chi connectivity index (χ0n) is 20.7. The maximum Gasteiger partial charge on any atom is 0.335 e. The van der Waals surface area contributed by atoms with Gasteiger partial charge in [0.1, 0.15) is 17.3 Å². The van der Waals surface area contributed by atoms with Gasteiger partial charge in [0.25, 0.3) is 0 Å². The highest BCUT2D eigenvalue weighted by atomic mass is 35.5. The Kier molecular flexibility index (Phi) is 9.12. The maximum atomic E-state index is 14.8. The summed E-state index contributed by atoms with van der Waals surface area (Å²) < 4.78 is 61.8. The first kappa shape index (κ1) is 27.7. The number of allylic oxidation sites excluding steroid dienone is 1. The summed E-state index contributed by atoms with van der Waals surface area (Å²) in [4.78, 5) is 4.50. The number of hydrogen-bond acceptors (Lipinski definition) is 3. The maximum absolute atomic E-state index is 14.8. The minimum atomic E-state index is -3.90. The molecule has 1 heterocycles. The highest BCUT2D eigenvalue weighted by Crippen LogP contribution is 2.37. The van der Waals surface area contributed by atoms with Crippen molar-refractivity contribution in [3.63, 3.8) is 0 Å². The Morgan fingerprint density at radius 2 is 1.92 bits per heavy atom. The SMILES string of the molecule is CCC(C)CC=C(CCN=C(C)c1cc(C(F)(F)c2cc(F)ccc2F)on1)c1cc(Cl)ccc1C. The van der Waals surface area contributed by atoms with E-state index in [0.717, 1.165) is 41.7 Å². The molecular formula is C28H29ClF4N2O. The summed E-state index contributed by atoms with van der Waals surface area (Å²) >= 11 is 6.24. The van der Waals surface area contributed by atoms with Gasteiger partial charge in [-0.2, -0.15) is 8.78 Å². The van der Waals surface area contributed by atoms with E-state index in [4.69, 9.17) is 16.1 Å². The number of aromatic nitrogens is 1. The molecule has 0 spiro atoms. The van der Waals surface area contributed by atoms with Gasteiger partial charge in [-0.1, -0.05) is 49.2 Å².